The minimum absolute atomic E-state index is 0.181. The molecule has 0 aliphatic carbocycles. The molecular formula is C13H18F2N2O. The number of hydrogen-bond acceptors (Lipinski definition) is 2. The van der Waals surface area contributed by atoms with E-state index in [1.807, 2.05) is 6.92 Å². The molecule has 0 saturated heterocycles. The normalized spacial score (nSPS) is 12.2. The summed E-state index contributed by atoms with van der Waals surface area (Å²) in [6.45, 7) is 2.36. The van der Waals surface area contributed by atoms with Crippen LogP contribution in [0.4, 0.5) is 8.78 Å². The largest absolute Gasteiger partial charge is 0.349 e. The summed E-state index contributed by atoms with van der Waals surface area (Å²) in [4.78, 5) is 11.6. The highest BCUT2D eigenvalue weighted by molar-refractivity contribution is 5.76. The van der Waals surface area contributed by atoms with E-state index in [2.05, 4.69) is 10.6 Å². The molecule has 1 aromatic carbocycles. The lowest BCUT2D eigenvalue weighted by Crippen LogP contribution is -2.30. The lowest BCUT2D eigenvalue weighted by atomic mass is 10.0. The summed E-state index contributed by atoms with van der Waals surface area (Å²) in [6, 6.07) is 2.77. The van der Waals surface area contributed by atoms with Gasteiger partial charge < -0.3 is 10.6 Å². The van der Waals surface area contributed by atoms with E-state index in [-0.39, 0.29) is 11.5 Å². The molecule has 1 amide bonds. The zero-order valence-corrected chi connectivity index (χ0v) is 10.6. The van der Waals surface area contributed by atoms with Crippen LogP contribution in [-0.2, 0) is 4.79 Å². The fraction of sp³-hybridized carbons (Fsp3) is 0.462. The summed E-state index contributed by atoms with van der Waals surface area (Å²) < 4.78 is 26.7. The molecule has 5 heteroatoms. The third-order valence-corrected chi connectivity index (χ3v) is 2.68. The van der Waals surface area contributed by atoms with E-state index in [1.54, 1.807) is 7.05 Å². The van der Waals surface area contributed by atoms with Crippen molar-refractivity contribution >= 4 is 5.91 Å². The summed E-state index contributed by atoms with van der Waals surface area (Å²) in [6.07, 6.45) is 0.815. The standard InChI is InChI=1S/C13H18F2N2O/c1-3-12(17-13(18)6-7-16-2)10-8-9(14)4-5-11(10)15/h4-5,8,12,16H,3,6-7H2,1-2H3,(H,17,18). The molecule has 1 atom stereocenters. The first kappa shape index (κ1) is 14.6. The molecule has 0 radical (unpaired) electrons. The number of carbonyl (C=O) groups is 1. The van der Waals surface area contributed by atoms with Crippen LogP contribution in [0.5, 0.6) is 0 Å². The monoisotopic (exact) mass is 256 g/mol. The Hall–Kier alpha value is -1.49. The number of benzene rings is 1. The Morgan fingerprint density at radius 1 is 1.39 bits per heavy atom. The van der Waals surface area contributed by atoms with Crippen LogP contribution in [-0.4, -0.2) is 19.5 Å². The smallest absolute Gasteiger partial charge is 0.221 e. The Labute approximate surface area is 106 Å². The molecule has 0 aromatic heterocycles. The molecule has 0 heterocycles. The van der Waals surface area contributed by atoms with Crippen molar-refractivity contribution in [1.29, 1.82) is 0 Å². The van der Waals surface area contributed by atoms with Crippen molar-refractivity contribution in [2.45, 2.75) is 25.8 Å². The van der Waals surface area contributed by atoms with Crippen molar-refractivity contribution < 1.29 is 13.6 Å². The Balaban J connectivity index is 2.76. The number of hydrogen-bond donors (Lipinski definition) is 2. The van der Waals surface area contributed by atoms with Crippen LogP contribution in [0.25, 0.3) is 0 Å². The molecule has 0 saturated carbocycles. The third kappa shape index (κ3) is 4.07. The fourth-order valence-electron chi connectivity index (χ4n) is 1.69. The van der Waals surface area contributed by atoms with E-state index in [4.69, 9.17) is 0 Å². The first-order valence-electron chi connectivity index (χ1n) is 5.97. The minimum atomic E-state index is -0.505. The quantitative estimate of drug-likeness (QED) is 0.818. The molecule has 1 unspecified atom stereocenters. The molecule has 18 heavy (non-hydrogen) atoms. The van der Waals surface area contributed by atoms with E-state index in [1.165, 1.54) is 0 Å². The van der Waals surface area contributed by atoms with Crippen LogP contribution >= 0.6 is 0 Å². The summed E-state index contributed by atoms with van der Waals surface area (Å²) in [5.41, 5.74) is 0.190. The van der Waals surface area contributed by atoms with Crippen molar-refractivity contribution in [3.05, 3.63) is 35.4 Å². The minimum Gasteiger partial charge on any atom is -0.349 e. The average molecular weight is 256 g/mol. The highest BCUT2D eigenvalue weighted by atomic mass is 19.1. The van der Waals surface area contributed by atoms with Gasteiger partial charge in [-0.15, -0.1) is 0 Å². The van der Waals surface area contributed by atoms with Gasteiger partial charge in [-0.1, -0.05) is 6.92 Å². The van der Waals surface area contributed by atoms with Crippen LogP contribution in [0.2, 0.25) is 0 Å². The van der Waals surface area contributed by atoms with Gasteiger partial charge in [0.2, 0.25) is 5.91 Å². The summed E-state index contributed by atoms with van der Waals surface area (Å²) in [5.74, 6) is -1.19. The van der Waals surface area contributed by atoms with E-state index in [9.17, 15) is 13.6 Å². The van der Waals surface area contributed by atoms with E-state index >= 15 is 0 Å². The molecule has 0 aliphatic rings. The Morgan fingerprint density at radius 3 is 2.72 bits per heavy atom. The van der Waals surface area contributed by atoms with Gasteiger partial charge in [0.15, 0.2) is 0 Å². The van der Waals surface area contributed by atoms with Crippen LogP contribution in [0.15, 0.2) is 18.2 Å². The molecule has 3 nitrogen and oxygen atoms in total. The Kier molecular flexibility index (Phi) is 5.71. The van der Waals surface area contributed by atoms with Crippen molar-refractivity contribution in [2.75, 3.05) is 13.6 Å². The zero-order chi connectivity index (χ0) is 13.5. The number of amides is 1. The van der Waals surface area contributed by atoms with E-state index in [0.717, 1.165) is 18.2 Å². The highest BCUT2D eigenvalue weighted by Crippen LogP contribution is 2.21. The highest BCUT2D eigenvalue weighted by Gasteiger charge is 2.16. The molecule has 2 N–H and O–H groups in total. The second-order valence-corrected chi connectivity index (χ2v) is 4.05. The summed E-state index contributed by atoms with van der Waals surface area (Å²) >= 11 is 0. The van der Waals surface area contributed by atoms with Crippen molar-refractivity contribution in [3.8, 4) is 0 Å². The van der Waals surface area contributed by atoms with Crippen LogP contribution < -0.4 is 10.6 Å². The Bertz CT molecular complexity index is 410. The maximum atomic E-state index is 13.6. The summed E-state index contributed by atoms with van der Waals surface area (Å²) in [5, 5.41) is 5.56. The molecule has 0 fully saturated rings. The predicted octanol–water partition coefficient (Wildman–Crippen LogP) is 2.14. The predicted molar refractivity (Wildman–Crippen MR) is 66.1 cm³/mol. The van der Waals surface area contributed by atoms with Gasteiger partial charge in [0.25, 0.3) is 0 Å². The molecular weight excluding hydrogens is 238 g/mol. The molecule has 1 rings (SSSR count). The lowest BCUT2D eigenvalue weighted by molar-refractivity contribution is -0.121. The van der Waals surface area contributed by atoms with Crippen LogP contribution in [0.1, 0.15) is 31.4 Å². The second kappa shape index (κ2) is 7.06. The zero-order valence-electron chi connectivity index (χ0n) is 10.6. The van der Waals surface area contributed by atoms with Gasteiger partial charge in [0.1, 0.15) is 11.6 Å². The van der Waals surface area contributed by atoms with Crippen molar-refractivity contribution in [2.24, 2.45) is 0 Å². The van der Waals surface area contributed by atoms with E-state index < -0.39 is 17.7 Å². The van der Waals surface area contributed by atoms with Crippen molar-refractivity contribution in [1.82, 2.24) is 10.6 Å². The molecule has 0 aliphatic heterocycles. The van der Waals surface area contributed by atoms with Crippen LogP contribution in [0.3, 0.4) is 0 Å². The van der Waals surface area contributed by atoms with Crippen LogP contribution in [0, 0.1) is 11.6 Å². The van der Waals surface area contributed by atoms with Gasteiger partial charge in [-0.05, 0) is 31.7 Å². The number of rotatable bonds is 6. The molecule has 100 valence electrons. The van der Waals surface area contributed by atoms with Crippen molar-refractivity contribution in [3.63, 3.8) is 0 Å². The third-order valence-electron chi connectivity index (χ3n) is 2.68. The average Bonchev–Trinajstić information content (AvgIpc) is 2.36. The lowest BCUT2D eigenvalue weighted by Gasteiger charge is -2.18. The van der Waals surface area contributed by atoms with Gasteiger partial charge in [-0.3, -0.25) is 4.79 Å². The number of halogens is 2. The molecule has 0 bridgehead atoms. The maximum absolute atomic E-state index is 13.6. The van der Waals surface area contributed by atoms with Gasteiger partial charge in [-0.2, -0.15) is 0 Å². The number of nitrogens with one attached hydrogen (secondary N) is 2. The van der Waals surface area contributed by atoms with Gasteiger partial charge in [-0.25, -0.2) is 8.78 Å². The van der Waals surface area contributed by atoms with E-state index in [0.29, 0.717) is 19.4 Å². The second-order valence-electron chi connectivity index (χ2n) is 4.05. The van der Waals surface area contributed by atoms with Gasteiger partial charge in [0.05, 0.1) is 6.04 Å². The fourth-order valence-corrected chi connectivity index (χ4v) is 1.69. The topological polar surface area (TPSA) is 41.1 Å². The first-order chi connectivity index (χ1) is 8.58. The Morgan fingerprint density at radius 2 is 2.11 bits per heavy atom. The molecule has 0 spiro atoms. The first-order valence-corrected chi connectivity index (χ1v) is 5.97. The summed E-state index contributed by atoms with van der Waals surface area (Å²) in [7, 11) is 1.75. The number of carbonyl (C=O) groups excluding carboxylic acids is 1. The maximum Gasteiger partial charge on any atom is 0.221 e. The van der Waals surface area contributed by atoms with Gasteiger partial charge in [0, 0.05) is 18.5 Å². The SMILES string of the molecule is CCC(NC(=O)CCNC)c1cc(F)ccc1F. The molecule has 1 aromatic rings. The van der Waals surface area contributed by atoms with Gasteiger partial charge >= 0.3 is 0 Å².